The fourth-order valence-corrected chi connectivity index (χ4v) is 4.87. The molecule has 1 aliphatic rings. The SMILES string of the molecule is CC(C)c1ccc(NC(=O)C2CCCN2S(=O)(=O)c2ccc(F)cc2)cc1. The summed E-state index contributed by atoms with van der Waals surface area (Å²) >= 11 is 0. The van der Waals surface area contributed by atoms with Crippen LogP contribution in [0.15, 0.2) is 53.4 Å². The molecule has 0 aliphatic carbocycles. The maximum Gasteiger partial charge on any atom is 0.243 e. The van der Waals surface area contributed by atoms with Crippen LogP contribution in [0.2, 0.25) is 0 Å². The monoisotopic (exact) mass is 390 g/mol. The molecule has 0 bridgehead atoms. The molecule has 5 nitrogen and oxygen atoms in total. The number of halogens is 1. The van der Waals surface area contributed by atoms with E-state index in [2.05, 4.69) is 19.2 Å². The van der Waals surface area contributed by atoms with Crippen molar-refractivity contribution in [3.05, 3.63) is 59.9 Å². The average molecular weight is 390 g/mol. The lowest BCUT2D eigenvalue weighted by molar-refractivity contribution is -0.119. The van der Waals surface area contributed by atoms with Gasteiger partial charge in [-0.3, -0.25) is 4.79 Å². The van der Waals surface area contributed by atoms with Gasteiger partial charge in [-0.05, 0) is 60.7 Å². The lowest BCUT2D eigenvalue weighted by atomic mass is 10.0. The summed E-state index contributed by atoms with van der Waals surface area (Å²) in [5.74, 6) is -0.467. The van der Waals surface area contributed by atoms with Gasteiger partial charge in [-0.15, -0.1) is 0 Å². The molecule has 1 atom stereocenters. The maximum atomic E-state index is 13.1. The maximum absolute atomic E-state index is 13.1. The first-order valence-electron chi connectivity index (χ1n) is 8.97. The van der Waals surface area contributed by atoms with Crippen molar-refractivity contribution in [3.8, 4) is 0 Å². The van der Waals surface area contributed by atoms with Crippen LogP contribution in [0.1, 0.15) is 38.2 Å². The number of anilines is 1. The van der Waals surface area contributed by atoms with Crippen molar-refractivity contribution < 1.29 is 17.6 Å². The molecule has 1 amide bonds. The number of rotatable bonds is 5. The number of nitrogens with zero attached hydrogens (tertiary/aromatic N) is 1. The van der Waals surface area contributed by atoms with Crippen LogP contribution >= 0.6 is 0 Å². The molecule has 1 heterocycles. The van der Waals surface area contributed by atoms with Gasteiger partial charge in [-0.1, -0.05) is 26.0 Å². The third-order valence-electron chi connectivity index (χ3n) is 4.77. The molecule has 1 aliphatic heterocycles. The number of sulfonamides is 1. The summed E-state index contributed by atoms with van der Waals surface area (Å²) in [5, 5.41) is 2.81. The fourth-order valence-electron chi connectivity index (χ4n) is 3.21. The Kier molecular flexibility index (Phi) is 5.62. The first kappa shape index (κ1) is 19.5. The van der Waals surface area contributed by atoms with Crippen LogP contribution in [0.5, 0.6) is 0 Å². The van der Waals surface area contributed by atoms with Crippen LogP contribution in [0.3, 0.4) is 0 Å². The molecule has 0 radical (unpaired) electrons. The van der Waals surface area contributed by atoms with Crippen LogP contribution in [0, 0.1) is 5.82 Å². The molecule has 144 valence electrons. The van der Waals surface area contributed by atoms with Crippen molar-refractivity contribution in [2.24, 2.45) is 0 Å². The van der Waals surface area contributed by atoms with Crippen molar-refractivity contribution in [3.63, 3.8) is 0 Å². The molecule has 0 aromatic heterocycles. The van der Waals surface area contributed by atoms with E-state index < -0.39 is 21.9 Å². The largest absolute Gasteiger partial charge is 0.325 e. The van der Waals surface area contributed by atoms with Crippen molar-refractivity contribution in [1.29, 1.82) is 0 Å². The molecule has 27 heavy (non-hydrogen) atoms. The van der Waals surface area contributed by atoms with Gasteiger partial charge in [0.2, 0.25) is 15.9 Å². The summed E-state index contributed by atoms with van der Waals surface area (Å²) in [6, 6.07) is 11.4. The number of hydrogen-bond acceptors (Lipinski definition) is 3. The zero-order valence-corrected chi connectivity index (χ0v) is 16.2. The van der Waals surface area contributed by atoms with Gasteiger partial charge in [0.1, 0.15) is 11.9 Å². The summed E-state index contributed by atoms with van der Waals surface area (Å²) in [5.41, 5.74) is 1.80. The fraction of sp³-hybridized carbons (Fsp3) is 0.350. The minimum atomic E-state index is -3.85. The van der Waals surface area contributed by atoms with E-state index in [-0.39, 0.29) is 17.3 Å². The minimum absolute atomic E-state index is 0.00936. The Morgan fingerprint density at radius 1 is 1.11 bits per heavy atom. The van der Waals surface area contributed by atoms with Crippen molar-refractivity contribution in [2.75, 3.05) is 11.9 Å². The summed E-state index contributed by atoms with van der Waals surface area (Å²) < 4.78 is 40.0. The highest BCUT2D eigenvalue weighted by Gasteiger charge is 2.39. The molecule has 3 rings (SSSR count). The predicted molar refractivity (Wildman–Crippen MR) is 102 cm³/mol. The summed E-state index contributed by atoms with van der Waals surface area (Å²) in [6.45, 7) is 4.44. The Bertz CT molecular complexity index is 909. The zero-order valence-electron chi connectivity index (χ0n) is 15.4. The van der Waals surface area contributed by atoms with E-state index in [1.165, 1.54) is 16.4 Å². The number of nitrogens with one attached hydrogen (secondary N) is 1. The van der Waals surface area contributed by atoms with Gasteiger partial charge < -0.3 is 5.32 Å². The smallest absolute Gasteiger partial charge is 0.243 e. The van der Waals surface area contributed by atoms with Gasteiger partial charge in [0.25, 0.3) is 0 Å². The van der Waals surface area contributed by atoms with Crippen molar-refractivity contribution in [1.82, 2.24) is 4.31 Å². The Labute approximate surface area is 159 Å². The number of benzene rings is 2. The van der Waals surface area contributed by atoms with Gasteiger partial charge in [0.15, 0.2) is 0 Å². The second-order valence-electron chi connectivity index (χ2n) is 6.99. The molecular weight excluding hydrogens is 367 g/mol. The van der Waals surface area contributed by atoms with Gasteiger partial charge in [-0.25, -0.2) is 12.8 Å². The standard InChI is InChI=1S/C20H23FN2O3S/c1-14(2)15-5-9-17(10-6-15)22-20(24)19-4-3-13-23(19)27(25,26)18-11-7-16(21)8-12-18/h5-12,14,19H,3-4,13H2,1-2H3,(H,22,24). The van der Waals surface area contributed by atoms with Crippen LogP contribution in [0.25, 0.3) is 0 Å². The number of amides is 1. The molecule has 0 saturated carbocycles. The van der Waals surface area contributed by atoms with Gasteiger partial charge in [0.05, 0.1) is 4.90 Å². The summed E-state index contributed by atoms with van der Waals surface area (Å²) in [7, 11) is -3.85. The molecule has 1 N–H and O–H groups in total. The molecule has 1 unspecified atom stereocenters. The third kappa shape index (κ3) is 4.20. The number of hydrogen-bond donors (Lipinski definition) is 1. The van der Waals surface area contributed by atoms with Crippen molar-refractivity contribution in [2.45, 2.75) is 43.5 Å². The third-order valence-corrected chi connectivity index (χ3v) is 6.69. The molecule has 7 heteroatoms. The minimum Gasteiger partial charge on any atom is -0.325 e. The Hall–Kier alpha value is -2.25. The van der Waals surface area contributed by atoms with Gasteiger partial charge >= 0.3 is 0 Å². The van der Waals surface area contributed by atoms with E-state index in [1.807, 2.05) is 24.3 Å². The highest BCUT2D eigenvalue weighted by molar-refractivity contribution is 7.89. The van der Waals surface area contributed by atoms with Gasteiger partial charge in [0, 0.05) is 12.2 Å². The molecule has 1 fully saturated rings. The molecule has 2 aromatic carbocycles. The van der Waals surface area contributed by atoms with Crippen LogP contribution < -0.4 is 5.32 Å². The zero-order chi connectivity index (χ0) is 19.6. The van der Waals surface area contributed by atoms with Crippen LogP contribution in [-0.2, 0) is 14.8 Å². The molecular formula is C20H23FN2O3S. The van der Waals surface area contributed by atoms with Gasteiger partial charge in [-0.2, -0.15) is 4.31 Å². The molecule has 1 saturated heterocycles. The second-order valence-corrected chi connectivity index (χ2v) is 8.88. The van der Waals surface area contributed by atoms with E-state index >= 15 is 0 Å². The summed E-state index contributed by atoms with van der Waals surface area (Å²) in [4.78, 5) is 12.7. The van der Waals surface area contributed by atoms with Crippen LogP contribution in [0.4, 0.5) is 10.1 Å². The number of carbonyl (C=O) groups excluding carboxylic acids is 1. The lowest BCUT2D eigenvalue weighted by Gasteiger charge is -2.23. The number of carbonyl (C=O) groups is 1. The second kappa shape index (κ2) is 7.78. The quantitative estimate of drug-likeness (QED) is 0.846. The van der Waals surface area contributed by atoms with E-state index in [1.54, 1.807) is 0 Å². The lowest BCUT2D eigenvalue weighted by Crippen LogP contribution is -2.43. The van der Waals surface area contributed by atoms with E-state index in [4.69, 9.17) is 0 Å². The van der Waals surface area contributed by atoms with E-state index in [0.29, 0.717) is 24.4 Å². The first-order chi connectivity index (χ1) is 12.8. The Morgan fingerprint density at radius 3 is 2.33 bits per heavy atom. The van der Waals surface area contributed by atoms with Crippen LogP contribution in [-0.4, -0.2) is 31.2 Å². The Balaban J connectivity index is 1.77. The topological polar surface area (TPSA) is 66.5 Å². The summed E-state index contributed by atoms with van der Waals surface area (Å²) in [6.07, 6.45) is 1.06. The predicted octanol–water partition coefficient (Wildman–Crippen LogP) is 3.74. The van der Waals surface area contributed by atoms with E-state index in [0.717, 1.165) is 17.7 Å². The normalized spacial score (nSPS) is 18.0. The first-order valence-corrected chi connectivity index (χ1v) is 10.4. The van der Waals surface area contributed by atoms with Crippen molar-refractivity contribution >= 4 is 21.6 Å². The highest BCUT2D eigenvalue weighted by Crippen LogP contribution is 2.27. The molecule has 2 aromatic rings. The average Bonchev–Trinajstić information content (AvgIpc) is 3.13. The molecule has 0 spiro atoms. The van der Waals surface area contributed by atoms with E-state index in [9.17, 15) is 17.6 Å². The highest BCUT2D eigenvalue weighted by atomic mass is 32.2. The Morgan fingerprint density at radius 2 is 1.74 bits per heavy atom.